The molecule has 0 unspecified atom stereocenters. The molecule has 1 heterocycles. The Balaban J connectivity index is 1.53. The van der Waals surface area contributed by atoms with Crippen molar-refractivity contribution in [3.05, 3.63) is 59.9 Å². The number of ether oxygens (including phenoxy) is 3. The maximum Gasteiger partial charge on any atom is 0.337 e. The molecule has 2 aromatic carbocycles. The van der Waals surface area contributed by atoms with Gasteiger partial charge in [0.15, 0.2) is 11.0 Å². The maximum atomic E-state index is 12.3. The Morgan fingerprint density at radius 2 is 1.69 bits per heavy atom. The van der Waals surface area contributed by atoms with Gasteiger partial charge in [-0.3, -0.25) is 4.79 Å². The van der Waals surface area contributed by atoms with E-state index in [1.165, 1.54) is 18.9 Å². The van der Waals surface area contributed by atoms with Gasteiger partial charge in [-0.15, -0.1) is 10.2 Å². The van der Waals surface area contributed by atoms with Gasteiger partial charge in [-0.2, -0.15) is 0 Å². The number of nitrogens with zero attached hydrogens (tertiary/aromatic N) is 3. The molecule has 1 aromatic heterocycles. The zero-order valence-electron chi connectivity index (χ0n) is 18.0. The number of amides is 1. The van der Waals surface area contributed by atoms with Crippen LogP contribution >= 0.6 is 11.8 Å². The number of methoxy groups -OCH3 is 2. The van der Waals surface area contributed by atoms with Gasteiger partial charge in [-0.1, -0.05) is 11.8 Å². The van der Waals surface area contributed by atoms with Gasteiger partial charge in [0.2, 0.25) is 5.91 Å². The number of benzene rings is 2. The largest absolute Gasteiger partial charge is 0.497 e. The van der Waals surface area contributed by atoms with Gasteiger partial charge in [0, 0.05) is 12.2 Å². The number of hydrogen-bond donors (Lipinski definition) is 1. The monoisotopic (exact) mass is 456 g/mol. The van der Waals surface area contributed by atoms with Gasteiger partial charge in [-0.05, 0) is 55.5 Å². The first-order valence-corrected chi connectivity index (χ1v) is 10.8. The lowest BCUT2D eigenvalue weighted by molar-refractivity contribution is -0.113. The molecule has 1 N–H and O–H groups in total. The Hall–Kier alpha value is -3.53. The van der Waals surface area contributed by atoms with Crippen LogP contribution in [-0.4, -0.2) is 46.6 Å². The highest BCUT2D eigenvalue weighted by molar-refractivity contribution is 7.99. The van der Waals surface area contributed by atoms with E-state index in [1.807, 2.05) is 35.8 Å². The molecule has 3 aromatic rings. The summed E-state index contributed by atoms with van der Waals surface area (Å²) in [7, 11) is 2.93. The summed E-state index contributed by atoms with van der Waals surface area (Å²) < 4.78 is 17.5. The number of thioether (sulfide) groups is 1. The van der Waals surface area contributed by atoms with Crippen molar-refractivity contribution in [2.75, 3.05) is 25.3 Å². The fourth-order valence-electron chi connectivity index (χ4n) is 2.80. The summed E-state index contributed by atoms with van der Waals surface area (Å²) in [6.07, 6.45) is 0. The van der Waals surface area contributed by atoms with Crippen molar-refractivity contribution >= 4 is 29.3 Å². The van der Waals surface area contributed by atoms with Crippen molar-refractivity contribution in [2.45, 2.75) is 25.2 Å². The van der Waals surface area contributed by atoms with Crippen LogP contribution in [0.25, 0.3) is 0 Å². The van der Waals surface area contributed by atoms with Gasteiger partial charge < -0.3 is 24.1 Å². The summed E-state index contributed by atoms with van der Waals surface area (Å²) >= 11 is 1.29. The molecule has 0 saturated heterocycles. The Labute approximate surface area is 190 Å². The first-order chi connectivity index (χ1) is 15.5. The number of carbonyl (C=O) groups excluding carboxylic acids is 2. The average molecular weight is 457 g/mol. The quantitative estimate of drug-likeness (QED) is 0.366. The summed E-state index contributed by atoms with van der Waals surface area (Å²) in [4.78, 5) is 23.8. The van der Waals surface area contributed by atoms with Crippen LogP contribution < -0.4 is 14.8 Å². The molecule has 0 atom stereocenters. The summed E-state index contributed by atoms with van der Waals surface area (Å²) in [6, 6.07) is 13.8. The molecular formula is C22H24N4O5S. The topological polar surface area (TPSA) is 105 Å². The molecule has 9 nitrogen and oxygen atoms in total. The van der Waals surface area contributed by atoms with E-state index < -0.39 is 5.97 Å². The van der Waals surface area contributed by atoms with Crippen molar-refractivity contribution in [3.8, 4) is 11.5 Å². The molecule has 0 aliphatic heterocycles. The first-order valence-electron chi connectivity index (χ1n) is 9.84. The van der Waals surface area contributed by atoms with Crippen LogP contribution in [0.15, 0.2) is 53.7 Å². The lowest BCUT2D eigenvalue weighted by Gasteiger charge is -2.09. The van der Waals surface area contributed by atoms with Gasteiger partial charge >= 0.3 is 5.97 Å². The smallest absolute Gasteiger partial charge is 0.337 e. The third kappa shape index (κ3) is 6.01. The van der Waals surface area contributed by atoms with Crippen molar-refractivity contribution in [1.29, 1.82) is 0 Å². The van der Waals surface area contributed by atoms with Gasteiger partial charge in [0.05, 0.1) is 25.5 Å². The minimum absolute atomic E-state index is 0.163. The van der Waals surface area contributed by atoms with Crippen LogP contribution in [0.1, 0.15) is 23.1 Å². The Bertz CT molecular complexity index is 1050. The van der Waals surface area contributed by atoms with E-state index in [1.54, 1.807) is 31.4 Å². The highest BCUT2D eigenvalue weighted by atomic mass is 32.2. The number of nitrogens with one attached hydrogen (secondary N) is 1. The molecule has 0 aliphatic rings. The third-order valence-electron chi connectivity index (χ3n) is 4.46. The summed E-state index contributed by atoms with van der Waals surface area (Å²) in [6.45, 7) is 2.88. The molecule has 32 heavy (non-hydrogen) atoms. The van der Waals surface area contributed by atoms with Gasteiger partial charge in [-0.25, -0.2) is 4.79 Å². The van der Waals surface area contributed by atoms with Crippen molar-refractivity contribution < 1.29 is 23.8 Å². The van der Waals surface area contributed by atoms with E-state index >= 15 is 0 Å². The molecule has 0 aliphatic carbocycles. The maximum absolute atomic E-state index is 12.3. The fraction of sp³-hybridized carbons (Fsp3) is 0.273. The van der Waals surface area contributed by atoms with Crippen molar-refractivity contribution in [1.82, 2.24) is 14.8 Å². The molecule has 0 radical (unpaired) electrons. The average Bonchev–Trinajstić information content (AvgIpc) is 3.23. The number of aromatic nitrogens is 3. The number of hydrogen-bond acceptors (Lipinski definition) is 8. The Morgan fingerprint density at radius 3 is 2.31 bits per heavy atom. The number of carbonyl (C=O) groups is 2. The normalized spacial score (nSPS) is 10.5. The van der Waals surface area contributed by atoms with E-state index in [4.69, 9.17) is 9.47 Å². The molecule has 168 valence electrons. The summed E-state index contributed by atoms with van der Waals surface area (Å²) in [5.74, 6) is 1.67. The van der Waals surface area contributed by atoms with E-state index in [0.29, 0.717) is 34.5 Å². The van der Waals surface area contributed by atoms with Crippen LogP contribution in [-0.2, 0) is 22.7 Å². The second-order valence-corrected chi connectivity index (χ2v) is 7.46. The first kappa shape index (κ1) is 23.1. The van der Waals surface area contributed by atoms with E-state index in [2.05, 4.69) is 20.3 Å². The van der Waals surface area contributed by atoms with E-state index in [-0.39, 0.29) is 18.3 Å². The minimum atomic E-state index is -0.427. The predicted molar refractivity (Wildman–Crippen MR) is 120 cm³/mol. The third-order valence-corrected chi connectivity index (χ3v) is 5.43. The Kier molecular flexibility index (Phi) is 8.09. The van der Waals surface area contributed by atoms with Crippen LogP contribution in [0.5, 0.6) is 11.5 Å². The van der Waals surface area contributed by atoms with Gasteiger partial charge in [0.25, 0.3) is 0 Å². The number of anilines is 1. The minimum Gasteiger partial charge on any atom is -0.497 e. The highest BCUT2D eigenvalue weighted by Gasteiger charge is 2.14. The summed E-state index contributed by atoms with van der Waals surface area (Å²) in [5.41, 5.74) is 1.01. The van der Waals surface area contributed by atoms with Crippen LogP contribution in [0.2, 0.25) is 0 Å². The van der Waals surface area contributed by atoms with E-state index in [9.17, 15) is 9.59 Å². The molecule has 0 saturated carbocycles. The van der Waals surface area contributed by atoms with Crippen molar-refractivity contribution in [2.24, 2.45) is 0 Å². The van der Waals surface area contributed by atoms with E-state index in [0.717, 1.165) is 5.75 Å². The molecule has 3 rings (SSSR count). The molecule has 0 bridgehead atoms. The molecule has 0 spiro atoms. The lowest BCUT2D eigenvalue weighted by Crippen LogP contribution is -2.15. The Morgan fingerprint density at radius 1 is 1.00 bits per heavy atom. The zero-order chi connectivity index (χ0) is 22.9. The van der Waals surface area contributed by atoms with Crippen LogP contribution in [0.4, 0.5) is 5.69 Å². The van der Waals surface area contributed by atoms with Gasteiger partial charge in [0.1, 0.15) is 18.1 Å². The number of rotatable bonds is 10. The standard InChI is InChI=1S/C22H24N4O5S/c1-4-26-19(13-31-18-11-9-17(29-2)10-12-18)24-25-22(26)32-14-20(27)23-16-7-5-15(6-8-16)21(28)30-3/h5-12H,4,13-14H2,1-3H3,(H,23,27). The fourth-order valence-corrected chi connectivity index (χ4v) is 3.63. The molecule has 1 amide bonds. The number of esters is 1. The predicted octanol–water partition coefficient (Wildman–Crippen LogP) is 3.40. The van der Waals surface area contributed by atoms with Crippen LogP contribution in [0, 0.1) is 0 Å². The SMILES string of the molecule is CCn1c(COc2ccc(OC)cc2)nnc1SCC(=O)Nc1ccc(C(=O)OC)cc1. The zero-order valence-corrected chi connectivity index (χ0v) is 18.8. The highest BCUT2D eigenvalue weighted by Crippen LogP contribution is 2.21. The molecule has 0 fully saturated rings. The van der Waals surface area contributed by atoms with Crippen molar-refractivity contribution in [3.63, 3.8) is 0 Å². The van der Waals surface area contributed by atoms with Crippen LogP contribution in [0.3, 0.4) is 0 Å². The summed E-state index contributed by atoms with van der Waals surface area (Å²) in [5, 5.41) is 11.8. The molecule has 10 heteroatoms. The molecular weight excluding hydrogens is 432 g/mol. The second kappa shape index (κ2) is 11.2. The lowest BCUT2D eigenvalue weighted by atomic mass is 10.2. The second-order valence-electron chi connectivity index (χ2n) is 6.51.